The second kappa shape index (κ2) is 7.23. The van der Waals surface area contributed by atoms with Gasteiger partial charge in [0.05, 0.1) is 6.61 Å². The van der Waals surface area contributed by atoms with E-state index in [0.29, 0.717) is 24.1 Å². The Morgan fingerprint density at radius 3 is 3.00 bits per heavy atom. The molecule has 2 heterocycles. The van der Waals surface area contributed by atoms with Gasteiger partial charge in [0.15, 0.2) is 11.8 Å². The van der Waals surface area contributed by atoms with Crippen LogP contribution in [0.25, 0.3) is 0 Å². The number of hydrogen-bond acceptors (Lipinski definition) is 5. The van der Waals surface area contributed by atoms with E-state index < -0.39 is 0 Å². The van der Waals surface area contributed by atoms with Crippen LogP contribution in [0.4, 0.5) is 0 Å². The first-order valence-corrected chi connectivity index (χ1v) is 6.97. The molecule has 1 aliphatic heterocycles. The van der Waals surface area contributed by atoms with Crippen LogP contribution in [0.3, 0.4) is 0 Å². The number of ether oxygens (including phenoxy) is 1. The maximum absolute atomic E-state index is 5.40. The summed E-state index contributed by atoms with van der Waals surface area (Å²) in [5.74, 6) is 2.80. The van der Waals surface area contributed by atoms with E-state index in [1.165, 1.54) is 0 Å². The molecule has 1 unspecified atom stereocenters. The van der Waals surface area contributed by atoms with Crippen molar-refractivity contribution in [2.24, 2.45) is 10.9 Å². The number of guanidine groups is 1. The molecule has 1 fully saturated rings. The SMILES string of the molecule is CN=C(NCCc1nc(C)no1)N(C)CC1CCOC1. The fourth-order valence-electron chi connectivity index (χ4n) is 2.31. The van der Waals surface area contributed by atoms with Crippen LogP contribution in [0.5, 0.6) is 0 Å². The molecule has 0 amide bonds. The van der Waals surface area contributed by atoms with Gasteiger partial charge in [-0.2, -0.15) is 4.98 Å². The summed E-state index contributed by atoms with van der Waals surface area (Å²) in [7, 11) is 3.84. The predicted molar refractivity (Wildman–Crippen MR) is 75.7 cm³/mol. The summed E-state index contributed by atoms with van der Waals surface area (Å²) >= 11 is 0. The summed E-state index contributed by atoms with van der Waals surface area (Å²) in [5.41, 5.74) is 0. The molecule has 7 nitrogen and oxygen atoms in total. The van der Waals surface area contributed by atoms with E-state index in [0.717, 1.165) is 38.7 Å². The van der Waals surface area contributed by atoms with Gasteiger partial charge in [-0.05, 0) is 13.3 Å². The highest BCUT2D eigenvalue weighted by Crippen LogP contribution is 2.13. The van der Waals surface area contributed by atoms with Crippen molar-refractivity contribution in [1.82, 2.24) is 20.4 Å². The minimum atomic E-state index is 0.595. The zero-order valence-electron chi connectivity index (χ0n) is 12.4. The predicted octanol–water partition coefficient (Wildman–Crippen LogP) is 0.464. The maximum atomic E-state index is 5.40. The number of aromatic nitrogens is 2. The lowest BCUT2D eigenvalue weighted by atomic mass is 10.1. The van der Waals surface area contributed by atoms with Crippen molar-refractivity contribution < 1.29 is 9.26 Å². The van der Waals surface area contributed by atoms with Crippen molar-refractivity contribution in [3.8, 4) is 0 Å². The van der Waals surface area contributed by atoms with E-state index in [4.69, 9.17) is 9.26 Å². The van der Waals surface area contributed by atoms with E-state index in [-0.39, 0.29) is 0 Å². The second-order valence-corrected chi connectivity index (χ2v) is 5.07. The monoisotopic (exact) mass is 281 g/mol. The summed E-state index contributed by atoms with van der Waals surface area (Å²) < 4.78 is 10.5. The van der Waals surface area contributed by atoms with Gasteiger partial charge in [0.25, 0.3) is 0 Å². The standard InChI is InChI=1S/C13H23N5O2/c1-10-16-12(20-17-10)4-6-15-13(14-2)18(3)8-11-5-7-19-9-11/h11H,4-9H2,1-3H3,(H,14,15). The van der Waals surface area contributed by atoms with Gasteiger partial charge >= 0.3 is 0 Å². The molecular formula is C13H23N5O2. The Balaban J connectivity index is 1.73. The average molecular weight is 281 g/mol. The number of hydrogen-bond donors (Lipinski definition) is 1. The van der Waals surface area contributed by atoms with Gasteiger partial charge in [0.1, 0.15) is 0 Å². The normalized spacial score (nSPS) is 19.4. The molecule has 0 saturated carbocycles. The summed E-state index contributed by atoms with van der Waals surface area (Å²) in [5, 5.41) is 7.08. The quantitative estimate of drug-likeness (QED) is 0.624. The topological polar surface area (TPSA) is 75.8 Å². The van der Waals surface area contributed by atoms with Crippen molar-refractivity contribution in [3.05, 3.63) is 11.7 Å². The van der Waals surface area contributed by atoms with Crippen LogP contribution in [0.2, 0.25) is 0 Å². The zero-order valence-corrected chi connectivity index (χ0v) is 12.4. The fourth-order valence-corrected chi connectivity index (χ4v) is 2.31. The Morgan fingerprint density at radius 2 is 2.40 bits per heavy atom. The summed E-state index contributed by atoms with van der Waals surface area (Å²) in [6, 6.07) is 0. The third-order valence-electron chi connectivity index (χ3n) is 3.32. The van der Waals surface area contributed by atoms with Crippen LogP contribution in [0.15, 0.2) is 9.52 Å². The smallest absolute Gasteiger partial charge is 0.228 e. The highest BCUT2D eigenvalue weighted by atomic mass is 16.5. The molecule has 0 spiro atoms. The third-order valence-corrected chi connectivity index (χ3v) is 3.32. The maximum Gasteiger partial charge on any atom is 0.228 e. The van der Waals surface area contributed by atoms with Gasteiger partial charge in [-0.3, -0.25) is 4.99 Å². The molecule has 20 heavy (non-hydrogen) atoms. The molecule has 1 N–H and O–H groups in total. The molecule has 7 heteroatoms. The molecule has 1 aliphatic rings. The third kappa shape index (κ3) is 4.19. The van der Waals surface area contributed by atoms with Crippen LogP contribution in [0.1, 0.15) is 18.1 Å². The lowest BCUT2D eigenvalue weighted by Crippen LogP contribution is -2.42. The number of nitrogens with zero attached hydrogens (tertiary/aromatic N) is 4. The minimum absolute atomic E-state index is 0.595. The lowest BCUT2D eigenvalue weighted by Gasteiger charge is -2.24. The Hall–Kier alpha value is -1.63. The van der Waals surface area contributed by atoms with Crippen molar-refractivity contribution in [2.45, 2.75) is 19.8 Å². The average Bonchev–Trinajstić information content (AvgIpc) is 3.06. The van der Waals surface area contributed by atoms with Gasteiger partial charge in [-0.25, -0.2) is 0 Å². The van der Waals surface area contributed by atoms with Gasteiger partial charge in [0.2, 0.25) is 5.89 Å². The Morgan fingerprint density at radius 1 is 1.55 bits per heavy atom. The van der Waals surface area contributed by atoms with Crippen molar-refractivity contribution in [1.29, 1.82) is 0 Å². The van der Waals surface area contributed by atoms with Crippen LogP contribution >= 0.6 is 0 Å². The van der Waals surface area contributed by atoms with Crippen LogP contribution < -0.4 is 5.32 Å². The molecule has 0 aliphatic carbocycles. The van der Waals surface area contributed by atoms with E-state index in [1.807, 2.05) is 14.0 Å². The highest BCUT2D eigenvalue weighted by Gasteiger charge is 2.19. The largest absolute Gasteiger partial charge is 0.381 e. The summed E-state index contributed by atoms with van der Waals surface area (Å²) in [4.78, 5) is 10.6. The number of aryl methyl sites for hydroxylation is 1. The van der Waals surface area contributed by atoms with Crippen molar-refractivity contribution in [2.75, 3.05) is 40.4 Å². The first kappa shape index (κ1) is 14.8. The highest BCUT2D eigenvalue weighted by molar-refractivity contribution is 5.79. The summed E-state index contributed by atoms with van der Waals surface area (Å²) in [6.07, 6.45) is 1.82. The van der Waals surface area contributed by atoms with Crippen molar-refractivity contribution in [3.63, 3.8) is 0 Å². The molecule has 1 aromatic rings. The first-order valence-electron chi connectivity index (χ1n) is 6.97. The molecular weight excluding hydrogens is 258 g/mol. The van der Waals surface area contributed by atoms with Crippen molar-refractivity contribution >= 4 is 5.96 Å². The molecule has 0 aromatic carbocycles. The fraction of sp³-hybridized carbons (Fsp3) is 0.769. The zero-order chi connectivity index (χ0) is 14.4. The minimum Gasteiger partial charge on any atom is -0.381 e. The van der Waals surface area contributed by atoms with E-state index in [2.05, 4.69) is 25.3 Å². The van der Waals surface area contributed by atoms with Gasteiger partial charge in [-0.1, -0.05) is 5.16 Å². The number of nitrogens with one attached hydrogen (secondary N) is 1. The molecule has 0 radical (unpaired) electrons. The van der Waals surface area contributed by atoms with E-state index in [9.17, 15) is 0 Å². The van der Waals surface area contributed by atoms with Gasteiger partial charge in [0, 0.05) is 46.1 Å². The molecule has 112 valence electrons. The van der Waals surface area contributed by atoms with E-state index in [1.54, 1.807) is 7.05 Å². The van der Waals surface area contributed by atoms with Crippen LogP contribution in [-0.4, -0.2) is 61.4 Å². The van der Waals surface area contributed by atoms with Crippen LogP contribution in [0, 0.1) is 12.8 Å². The molecule has 1 aromatic heterocycles. The Kier molecular flexibility index (Phi) is 5.34. The molecule has 1 atom stereocenters. The number of rotatable bonds is 5. The Labute approximate surface area is 119 Å². The summed E-state index contributed by atoms with van der Waals surface area (Å²) in [6.45, 7) is 5.22. The molecule has 0 bridgehead atoms. The lowest BCUT2D eigenvalue weighted by molar-refractivity contribution is 0.181. The van der Waals surface area contributed by atoms with E-state index >= 15 is 0 Å². The first-order chi connectivity index (χ1) is 9.69. The second-order valence-electron chi connectivity index (χ2n) is 5.07. The number of aliphatic imine (C=N–C) groups is 1. The molecule has 1 saturated heterocycles. The Bertz CT molecular complexity index is 440. The van der Waals surface area contributed by atoms with Gasteiger partial charge in [-0.15, -0.1) is 0 Å². The molecule has 2 rings (SSSR count). The van der Waals surface area contributed by atoms with Crippen LogP contribution in [-0.2, 0) is 11.2 Å². The van der Waals surface area contributed by atoms with Gasteiger partial charge < -0.3 is 19.5 Å².